The number of fused-ring (bicyclic) bond motifs is 1. The molecule has 0 bridgehead atoms. The Hall–Kier alpha value is -2.67. The third-order valence-electron chi connectivity index (χ3n) is 5.34. The summed E-state index contributed by atoms with van der Waals surface area (Å²) in [7, 11) is 0. The van der Waals surface area contributed by atoms with Gasteiger partial charge in [0, 0.05) is 11.0 Å². The lowest BCUT2D eigenvalue weighted by Crippen LogP contribution is -2.37. The van der Waals surface area contributed by atoms with Crippen LogP contribution < -0.4 is 5.32 Å². The van der Waals surface area contributed by atoms with Gasteiger partial charge in [0.15, 0.2) is 0 Å². The van der Waals surface area contributed by atoms with Crippen molar-refractivity contribution in [1.29, 1.82) is 5.26 Å². The quantitative estimate of drug-likeness (QED) is 0.663. The largest absolute Gasteiger partial charge is 0.448 e. The van der Waals surface area contributed by atoms with E-state index in [1.807, 2.05) is 16.8 Å². The van der Waals surface area contributed by atoms with Crippen LogP contribution >= 0.6 is 22.7 Å². The Balaban J connectivity index is 1.36. The molecule has 2 amide bonds. The lowest BCUT2D eigenvalue weighted by molar-refractivity contribution is -0.157. The van der Waals surface area contributed by atoms with E-state index in [1.54, 1.807) is 17.4 Å². The summed E-state index contributed by atoms with van der Waals surface area (Å²) in [6.07, 6.45) is 6.97. The van der Waals surface area contributed by atoms with Gasteiger partial charge in [0.2, 0.25) is 5.91 Å². The fourth-order valence-corrected chi connectivity index (χ4v) is 5.64. The third kappa shape index (κ3) is 5.34. The van der Waals surface area contributed by atoms with E-state index in [2.05, 4.69) is 11.4 Å². The number of anilines is 1. The smallest absolute Gasteiger partial charge is 0.433 e. The molecular weight excluding hydrogens is 434 g/mol. The molecule has 1 N–H and O–H groups in total. The molecule has 0 aromatic carbocycles. The molecule has 1 fully saturated rings. The first-order valence-corrected chi connectivity index (χ1v) is 12.0. The minimum atomic E-state index is -0.431. The standard InChI is InChI=1S/C22H23N3O4S2/c23-12-18-17-5-3-16(13-28-22(27)25-8-1-2-9-29-25)11-19(17)31-21(18)24-20(26)6-4-15-7-10-30-14-15/h4,6-7,10,14,16H,1-3,5,8-9,11,13H2,(H,24,26). The van der Waals surface area contributed by atoms with Crippen LogP contribution in [0.1, 0.15) is 40.8 Å². The van der Waals surface area contributed by atoms with Crippen LogP contribution in [-0.4, -0.2) is 36.8 Å². The Morgan fingerprint density at radius 1 is 1.42 bits per heavy atom. The van der Waals surface area contributed by atoms with Crippen molar-refractivity contribution in [2.45, 2.75) is 32.1 Å². The van der Waals surface area contributed by atoms with E-state index in [0.717, 1.165) is 48.1 Å². The van der Waals surface area contributed by atoms with Crippen molar-refractivity contribution in [3.8, 4) is 6.07 Å². The van der Waals surface area contributed by atoms with Gasteiger partial charge >= 0.3 is 6.09 Å². The Labute approximate surface area is 188 Å². The first-order valence-electron chi connectivity index (χ1n) is 10.3. The van der Waals surface area contributed by atoms with Crippen molar-refractivity contribution in [2.24, 2.45) is 5.92 Å². The molecule has 9 heteroatoms. The average Bonchev–Trinajstić information content (AvgIpc) is 3.43. The molecule has 1 aliphatic carbocycles. The van der Waals surface area contributed by atoms with Crippen LogP contribution in [0.5, 0.6) is 0 Å². The van der Waals surface area contributed by atoms with Crippen molar-refractivity contribution in [3.63, 3.8) is 0 Å². The highest BCUT2D eigenvalue weighted by Crippen LogP contribution is 2.39. The summed E-state index contributed by atoms with van der Waals surface area (Å²) in [5.41, 5.74) is 2.53. The predicted octanol–water partition coefficient (Wildman–Crippen LogP) is 4.60. The minimum absolute atomic E-state index is 0.188. The zero-order chi connectivity index (χ0) is 21.6. The molecule has 1 saturated heterocycles. The van der Waals surface area contributed by atoms with Gasteiger partial charge in [-0.3, -0.25) is 9.63 Å². The van der Waals surface area contributed by atoms with Crippen molar-refractivity contribution in [3.05, 3.63) is 44.5 Å². The van der Waals surface area contributed by atoms with E-state index >= 15 is 0 Å². The van der Waals surface area contributed by atoms with Crippen molar-refractivity contribution < 1.29 is 19.2 Å². The number of amides is 2. The number of carbonyl (C=O) groups is 2. The molecular formula is C22H23N3O4S2. The molecule has 1 aliphatic heterocycles. The number of hydrogen-bond acceptors (Lipinski definition) is 7. The first kappa shape index (κ1) is 21.6. The third-order valence-corrected chi connectivity index (χ3v) is 7.21. The van der Waals surface area contributed by atoms with E-state index in [1.165, 1.54) is 22.5 Å². The number of hydrogen-bond donors (Lipinski definition) is 1. The number of carbonyl (C=O) groups excluding carboxylic acids is 2. The van der Waals surface area contributed by atoms with Crippen LogP contribution in [-0.2, 0) is 27.2 Å². The molecule has 1 atom stereocenters. The fourth-order valence-electron chi connectivity index (χ4n) is 3.70. The SMILES string of the molecule is N#Cc1c(NC(=O)C=Cc2ccsc2)sc2c1CCC(COC(=O)N1CCCCO1)C2. The molecule has 2 aromatic rings. The Bertz CT molecular complexity index is 1000. The monoisotopic (exact) mass is 457 g/mol. The number of thiophene rings is 2. The van der Waals surface area contributed by atoms with Crippen LogP contribution in [0.15, 0.2) is 22.9 Å². The van der Waals surface area contributed by atoms with Crippen LogP contribution in [0, 0.1) is 17.2 Å². The van der Waals surface area contributed by atoms with Crippen molar-refractivity contribution in [1.82, 2.24) is 5.06 Å². The molecule has 2 aliphatic rings. The van der Waals surface area contributed by atoms with Gasteiger partial charge < -0.3 is 10.1 Å². The normalized spacial score (nSPS) is 18.4. The number of ether oxygens (including phenoxy) is 1. The maximum atomic E-state index is 12.3. The number of nitriles is 1. The number of nitrogens with zero attached hydrogens (tertiary/aromatic N) is 2. The van der Waals surface area contributed by atoms with Gasteiger partial charge in [-0.05, 0) is 72.1 Å². The van der Waals surface area contributed by atoms with E-state index in [9.17, 15) is 14.9 Å². The first-order chi connectivity index (χ1) is 15.1. The molecule has 0 radical (unpaired) electrons. The maximum Gasteiger partial charge on any atom is 0.433 e. The van der Waals surface area contributed by atoms with Gasteiger partial charge in [0.25, 0.3) is 0 Å². The van der Waals surface area contributed by atoms with Crippen LogP contribution in [0.25, 0.3) is 6.08 Å². The Morgan fingerprint density at radius 3 is 3.06 bits per heavy atom. The second kappa shape index (κ2) is 10.1. The zero-order valence-electron chi connectivity index (χ0n) is 17.0. The van der Waals surface area contributed by atoms with Gasteiger partial charge in [0.1, 0.15) is 11.1 Å². The van der Waals surface area contributed by atoms with Gasteiger partial charge in [-0.25, -0.2) is 4.79 Å². The lowest BCUT2D eigenvalue weighted by atomic mass is 9.88. The van der Waals surface area contributed by atoms with Crippen LogP contribution in [0.2, 0.25) is 0 Å². The molecule has 0 saturated carbocycles. The molecule has 4 rings (SSSR count). The van der Waals surface area contributed by atoms with Gasteiger partial charge in [-0.2, -0.15) is 21.7 Å². The Kier molecular flexibility index (Phi) is 7.02. The molecule has 3 heterocycles. The second-order valence-electron chi connectivity index (χ2n) is 7.53. The van der Waals surface area contributed by atoms with Crippen molar-refractivity contribution in [2.75, 3.05) is 25.1 Å². The zero-order valence-corrected chi connectivity index (χ0v) is 18.6. The highest BCUT2D eigenvalue weighted by atomic mass is 32.1. The summed E-state index contributed by atoms with van der Waals surface area (Å²) < 4.78 is 5.45. The van der Waals surface area contributed by atoms with Gasteiger partial charge in [-0.15, -0.1) is 11.3 Å². The topological polar surface area (TPSA) is 91.7 Å². The van der Waals surface area contributed by atoms with E-state index in [4.69, 9.17) is 9.57 Å². The average molecular weight is 458 g/mol. The number of rotatable bonds is 5. The highest BCUT2D eigenvalue weighted by molar-refractivity contribution is 7.16. The highest BCUT2D eigenvalue weighted by Gasteiger charge is 2.28. The Morgan fingerprint density at radius 2 is 2.32 bits per heavy atom. The molecule has 1 unspecified atom stereocenters. The molecule has 162 valence electrons. The number of hydroxylamine groups is 2. The van der Waals surface area contributed by atoms with Crippen LogP contribution in [0.3, 0.4) is 0 Å². The van der Waals surface area contributed by atoms with Crippen molar-refractivity contribution >= 4 is 45.8 Å². The van der Waals surface area contributed by atoms with E-state index in [-0.39, 0.29) is 11.8 Å². The molecule has 0 spiro atoms. The number of nitrogens with one attached hydrogen (secondary N) is 1. The summed E-state index contributed by atoms with van der Waals surface area (Å²) in [5, 5.41) is 18.3. The van der Waals surface area contributed by atoms with E-state index < -0.39 is 6.09 Å². The summed E-state index contributed by atoms with van der Waals surface area (Å²) in [6.45, 7) is 1.43. The van der Waals surface area contributed by atoms with E-state index in [0.29, 0.717) is 30.3 Å². The summed E-state index contributed by atoms with van der Waals surface area (Å²) in [4.78, 5) is 30.9. The summed E-state index contributed by atoms with van der Waals surface area (Å²) >= 11 is 3.01. The van der Waals surface area contributed by atoms with Gasteiger partial charge in [-0.1, -0.05) is 0 Å². The van der Waals surface area contributed by atoms with Crippen LogP contribution in [0.4, 0.5) is 9.80 Å². The fraction of sp³-hybridized carbons (Fsp3) is 0.409. The lowest BCUT2D eigenvalue weighted by Gasteiger charge is -2.27. The minimum Gasteiger partial charge on any atom is -0.448 e. The maximum absolute atomic E-state index is 12.3. The summed E-state index contributed by atoms with van der Waals surface area (Å²) in [6, 6.07) is 4.19. The molecule has 2 aromatic heterocycles. The second-order valence-corrected chi connectivity index (χ2v) is 9.41. The predicted molar refractivity (Wildman–Crippen MR) is 120 cm³/mol. The molecule has 31 heavy (non-hydrogen) atoms. The summed E-state index contributed by atoms with van der Waals surface area (Å²) in [5.74, 6) is -0.0678. The molecule has 7 nitrogen and oxygen atoms in total. The van der Waals surface area contributed by atoms with Gasteiger partial charge in [0.05, 0.1) is 25.3 Å².